The maximum Gasteiger partial charge on any atom is 0.292 e. The molecule has 2 amide bonds. The number of nitrogens with two attached hydrogens (primary N) is 1. The molecule has 1 aromatic carbocycles. The van der Waals surface area contributed by atoms with Crippen LogP contribution in [-0.4, -0.2) is 23.4 Å². The van der Waals surface area contributed by atoms with Gasteiger partial charge < -0.3 is 5.32 Å². The van der Waals surface area contributed by atoms with Gasteiger partial charge in [-0.15, -0.1) is 0 Å². The van der Waals surface area contributed by atoms with Gasteiger partial charge in [-0.05, 0) is 45.0 Å². The van der Waals surface area contributed by atoms with Gasteiger partial charge in [0, 0.05) is 4.47 Å². The third kappa shape index (κ3) is 3.22. The number of carbonyl (C=O) groups excluding carboxylic acids is 2. The van der Waals surface area contributed by atoms with Gasteiger partial charge in [0.1, 0.15) is 0 Å². The van der Waals surface area contributed by atoms with Gasteiger partial charge in [-0.1, -0.05) is 15.9 Å². The van der Waals surface area contributed by atoms with Gasteiger partial charge in [-0.3, -0.25) is 9.59 Å². The Hall–Kier alpha value is -1.20. The second-order valence-corrected chi connectivity index (χ2v) is 6.80. The smallest absolute Gasteiger partial charge is 0.292 e. The zero-order valence-corrected chi connectivity index (χ0v) is 12.9. The van der Waals surface area contributed by atoms with Crippen LogP contribution in [0.4, 0.5) is 5.69 Å². The summed E-state index contributed by atoms with van der Waals surface area (Å²) in [4.78, 5) is 25.7. The number of nitrogens with zero attached hydrogens (tertiary/aromatic N) is 1. The minimum absolute atomic E-state index is 0.0731. The van der Waals surface area contributed by atoms with E-state index in [0.717, 1.165) is 4.47 Å². The Morgan fingerprint density at radius 3 is 2.32 bits per heavy atom. The maximum absolute atomic E-state index is 12.3. The molecule has 1 fully saturated rings. The molecule has 0 aromatic heterocycles. The Morgan fingerprint density at radius 2 is 1.79 bits per heavy atom. The standard InChI is InChI=1S/C14H17BrN2O2/c1-14(2,3)16-11-8-12(18)17(13(11)19)10-6-4-9(15)5-7-10/h4-7,11,16H,8H2,1-3H3/p+1/t11-/m0/s1. The van der Waals surface area contributed by atoms with Crippen molar-refractivity contribution >= 4 is 33.4 Å². The first-order chi connectivity index (χ1) is 8.78. The lowest BCUT2D eigenvalue weighted by atomic mass is 10.1. The van der Waals surface area contributed by atoms with Crippen molar-refractivity contribution in [3.63, 3.8) is 0 Å². The second-order valence-electron chi connectivity index (χ2n) is 5.89. The van der Waals surface area contributed by atoms with E-state index in [0.29, 0.717) is 5.69 Å². The highest BCUT2D eigenvalue weighted by Crippen LogP contribution is 2.23. The molecule has 1 heterocycles. The molecule has 5 heteroatoms. The van der Waals surface area contributed by atoms with Crippen LogP contribution in [0.25, 0.3) is 0 Å². The summed E-state index contributed by atoms with van der Waals surface area (Å²) in [6, 6.07) is 6.91. The number of imide groups is 1. The van der Waals surface area contributed by atoms with Gasteiger partial charge in [-0.2, -0.15) is 0 Å². The van der Waals surface area contributed by atoms with Crippen molar-refractivity contribution in [2.24, 2.45) is 0 Å². The van der Waals surface area contributed by atoms with E-state index in [-0.39, 0.29) is 29.8 Å². The van der Waals surface area contributed by atoms with E-state index < -0.39 is 0 Å². The molecule has 1 aromatic rings. The Kier molecular flexibility index (Phi) is 3.78. The van der Waals surface area contributed by atoms with Gasteiger partial charge in [0.2, 0.25) is 5.91 Å². The van der Waals surface area contributed by atoms with E-state index in [9.17, 15) is 9.59 Å². The largest absolute Gasteiger partial charge is 0.331 e. The molecule has 19 heavy (non-hydrogen) atoms. The lowest BCUT2D eigenvalue weighted by molar-refractivity contribution is -0.734. The van der Waals surface area contributed by atoms with Crippen LogP contribution in [0.5, 0.6) is 0 Å². The summed E-state index contributed by atoms with van der Waals surface area (Å²) in [6.07, 6.45) is 0.270. The Labute approximate surface area is 121 Å². The average molecular weight is 326 g/mol. The van der Waals surface area contributed by atoms with Gasteiger partial charge in [0.05, 0.1) is 17.6 Å². The number of anilines is 1. The monoisotopic (exact) mass is 325 g/mol. The second kappa shape index (κ2) is 5.06. The van der Waals surface area contributed by atoms with E-state index in [1.807, 2.05) is 38.2 Å². The Morgan fingerprint density at radius 1 is 1.21 bits per heavy atom. The Bertz CT molecular complexity index is 505. The molecular weight excluding hydrogens is 308 g/mol. The van der Waals surface area contributed by atoms with Crippen LogP contribution in [0, 0.1) is 0 Å². The molecule has 0 bridgehead atoms. The fraction of sp³-hybridized carbons (Fsp3) is 0.429. The zero-order valence-electron chi connectivity index (χ0n) is 11.3. The predicted molar refractivity (Wildman–Crippen MR) is 76.7 cm³/mol. The first-order valence-corrected chi connectivity index (χ1v) is 7.05. The first-order valence-electron chi connectivity index (χ1n) is 6.26. The number of quaternary nitrogens is 1. The summed E-state index contributed by atoms with van der Waals surface area (Å²) >= 11 is 3.34. The summed E-state index contributed by atoms with van der Waals surface area (Å²) in [7, 11) is 0. The minimum atomic E-state index is -0.309. The van der Waals surface area contributed by atoms with Crippen molar-refractivity contribution in [1.29, 1.82) is 0 Å². The summed E-state index contributed by atoms with van der Waals surface area (Å²) in [5.74, 6) is -0.250. The third-order valence-corrected chi connectivity index (χ3v) is 3.50. The molecule has 1 saturated heterocycles. The van der Waals surface area contributed by atoms with Crippen molar-refractivity contribution in [3.05, 3.63) is 28.7 Å². The van der Waals surface area contributed by atoms with E-state index in [4.69, 9.17) is 0 Å². The highest BCUT2D eigenvalue weighted by molar-refractivity contribution is 9.10. The molecule has 102 valence electrons. The summed E-state index contributed by atoms with van der Waals surface area (Å²) in [6.45, 7) is 6.10. The summed E-state index contributed by atoms with van der Waals surface area (Å²) in [5, 5.41) is 1.96. The molecule has 2 rings (SSSR count). The number of benzene rings is 1. The van der Waals surface area contributed by atoms with Gasteiger partial charge >= 0.3 is 0 Å². The number of carbonyl (C=O) groups is 2. The van der Waals surface area contributed by atoms with Crippen LogP contribution in [0.1, 0.15) is 27.2 Å². The van der Waals surface area contributed by atoms with Crippen molar-refractivity contribution in [1.82, 2.24) is 0 Å². The Balaban J connectivity index is 2.21. The van der Waals surface area contributed by atoms with E-state index >= 15 is 0 Å². The van der Waals surface area contributed by atoms with Crippen LogP contribution in [0.15, 0.2) is 28.7 Å². The molecule has 1 atom stereocenters. The fourth-order valence-corrected chi connectivity index (χ4v) is 2.51. The van der Waals surface area contributed by atoms with Crippen LogP contribution in [-0.2, 0) is 9.59 Å². The van der Waals surface area contributed by atoms with Gasteiger partial charge in [-0.25, -0.2) is 4.90 Å². The molecule has 0 unspecified atom stereocenters. The normalized spacial score (nSPS) is 20.2. The number of hydrogen-bond donors (Lipinski definition) is 1. The lowest BCUT2D eigenvalue weighted by Crippen LogP contribution is -3.00. The number of amides is 2. The van der Waals surface area contributed by atoms with Gasteiger partial charge in [0.15, 0.2) is 6.04 Å². The molecule has 1 aliphatic heterocycles. The van der Waals surface area contributed by atoms with Crippen LogP contribution in [0.3, 0.4) is 0 Å². The average Bonchev–Trinajstić information content (AvgIpc) is 2.54. The SMILES string of the molecule is CC(C)(C)[NH2+][C@H]1CC(=O)N(c2ccc(Br)cc2)C1=O. The molecule has 2 N–H and O–H groups in total. The highest BCUT2D eigenvalue weighted by Gasteiger charge is 2.43. The quantitative estimate of drug-likeness (QED) is 0.836. The van der Waals surface area contributed by atoms with Crippen molar-refractivity contribution in [2.75, 3.05) is 4.90 Å². The highest BCUT2D eigenvalue weighted by atomic mass is 79.9. The topological polar surface area (TPSA) is 54.0 Å². The van der Waals surface area contributed by atoms with E-state index in [1.54, 1.807) is 12.1 Å². The van der Waals surface area contributed by atoms with Crippen LogP contribution in [0.2, 0.25) is 0 Å². The number of halogens is 1. The van der Waals surface area contributed by atoms with E-state index in [2.05, 4.69) is 15.9 Å². The number of rotatable bonds is 2. The van der Waals surface area contributed by atoms with E-state index in [1.165, 1.54) is 4.90 Å². The molecule has 4 nitrogen and oxygen atoms in total. The first kappa shape index (κ1) is 14.2. The zero-order chi connectivity index (χ0) is 14.2. The third-order valence-electron chi connectivity index (χ3n) is 2.97. The van der Waals surface area contributed by atoms with Crippen molar-refractivity contribution in [3.8, 4) is 0 Å². The molecule has 0 saturated carbocycles. The van der Waals surface area contributed by atoms with Crippen LogP contribution < -0.4 is 10.2 Å². The van der Waals surface area contributed by atoms with Crippen LogP contribution >= 0.6 is 15.9 Å². The number of hydrogen-bond acceptors (Lipinski definition) is 2. The van der Waals surface area contributed by atoms with Crippen molar-refractivity contribution in [2.45, 2.75) is 38.8 Å². The maximum atomic E-state index is 12.3. The van der Waals surface area contributed by atoms with Gasteiger partial charge in [0.25, 0.3) is 5.91 Å². The molecule has 0 radical (unpaired) electrons. The molecule has 1 aliphatic rings. The minimum Gasteiger partial charge on any atom is -0.331 e. The summed E-state index contributed by atoms with van der Waals surface area (Å²) < 4.78 is 0.924. The fourth-order valence-electron chi connectivity index (χ4n) is 2.25. The molecule has 0 aliphatic carbocycles. The summed E-state index contributed by atoms with van der Waals surface area (Å²) in [5.41, 5.74) is 0.569. The molecule has 0 spiro atoms. The molecular formula is C14H18BrN2O2+. The van der Waals surface area contributed by atoms with Crippen molar-refractivity contribution < 1.29 is 14.9 Å². The lowest BCUT2D eigenvalue weighted by Gasteiger charge is -2.21. The predicted octanol–water partition coefficient (Wildman–Crippen LogP) is 1.44.